The molecule has 0 saturated carbocycles. The van der Waals surface area contributed by atoms with Gasteiger partial charge in [0, 0.05) is 30.4 Å². The van der Waals surface area contributed by atoms with Gasteiger partial charge in [0.05, 0.1) is 0 Å². The van der Waals surface area contributed by atoms with Crippen molar-refractivity contribution in [1.82, 2.24) is 10.6 Å². The van der Waals surface area contributed by atoms with Crippen LogP contribution in [0.2, 0.25) is 0 Å². The second-order valence-corrected chi connectivity index (χ2v) is 4.95. The number of hydrogen-bond acceptors (Lipinski definition) is 3. The molecule has 1 aromatic heterocycles. The molecule has 2 rings (SSSR count). The van der Waals surface area contributed by atoms with E-state index in [1.165, 1.54) is 10.4 Å². The molecule has 82 valence electrons. The van der Waals surface area contributed by atoms with Crippen molar-refractivity contribution in [2.75, 3.05) is 6.54 Å². The molecule has 4 heteroatoms. The lowest BCUT2D eigenvalue weighted by molar-refractivity contribution is -0.122. The molecule has 0 spiro atoms. The van der Waals surface area contributed by atoms with E-state index in [-0.39, 0.29) is 5.91 Å². The van der Waals surface area contributed by atoms with Crippen LogP contribution in [-0.2, 0) is 11.3 Å². The molecule has 0 aromatic carbocycles. The Morgan fingerprint density at radius 3 is 3.13 bits per heavy atom. The van der Waals surface area contributed by atoms with Crippen LogP contribution in [0.3, 0.4) is 0 Å². The molecule has 1 aliphatic heterocycles. The predicted octanol–water partition coefficient (Wildman–Crippen LogP) is 1.42. The van der Waals surface area contributed by atoms with Crippen LogP contribution in [0, 0.1) is 6.92 Å². The van der Waals surface area contributed by atoms with Crippen LogP contribution in [0.4, 0.5) is 0 Å². The fourth-order valence-corrected chi connectivity index (χ4v) is 2.59. The van der Waals surface area contributed by atoms with E-state index >= 15 is 0 Å². The Morgan fingerprint density at radius 1 is 1.67 bits per heavy atom. The van der Waals surface area contributed by atoms with Gasteiger partial charge < -0.3 is 10.6 Å². The second-order valence-electron chi connectivity index (χ2n) is 3.95. The van der Waals surface area contributed by atoms with Crippen LogP contribution in [0.5, 0.6) is 0 Å². The highest BCUT2D eigenvalue weighted by atomic mass is 32.1. The van der Waals surface area contributed by atoms with Crippen molar-refractivity contribution in [3.8, 4) is 0 Å². The standard InChI is InChI=1S/C11H16N2OS/c1-8-4-5-15-10(8)7-12-9-2-3-11(14)13-6-9/h4-5,9,12H,2-3,6-7H2,1H3,(H,13,14). The van der Waals surface area contributed by atoms with Gasteiger partial charge >= 0.3 is 0 Å². The Bertz CT molecular complexity index is 338. The molecule has 1 amide bonds. The minimum atomic E-state index is 0.181. The lowest BCUT2D eigenvalue weighted by Crippen LogP contribution is -2.45. The molecule has 2 heterocycles. The Hall–Kier alpha value is -0.870. The van der Waals surface area contributed by atoms with Crippen LogP contribution in [0.25, 0.3) is 0 Å². The summed E-state index contributed by atoms with van der Waals surface area (Å²) in [4.78, 5) is 12.4. The van der Waals surface area contributed by atoms with Gasteiger partial charge in [0.1, 0.15) is 0 Å². The first-order valence-electron chi connectivity index (χ1n) is 5.29. The largest absolute Gasteiger partial charge is 0.355 e. The number of amides is 1. The maximum atomic E-state index is 11.0. The van der Waals surface area contributed by atoms with Gasteiger partial charge in [0.2, 0.25) is 5.91 Å². The number of hydrogen-bond donors (Lipinski definition) is 2. The minimum absolute atomic E-state index is 0.181. The predicted molar refractivity (Wildman–Crippen MR) is 61.9 cm³/mol. The third kappa shape index (κ3) is 2.79. The molecule has 1 aliphatic rings. The van der Waals surface area contributed by atoms with Crippen molar-refractivity contribution in [3.63, 3.8) is 0 Å². The Balaban J connectivity index is 1.79. The Morgan fingerprint density at radius 2 is 2.53 bits per heavy atom. The van der Waals surface area contributed by atoms with Gasteiger partial charge in [-0.1, -0.05) is 0 Å². The van der Waals surface area contributed by atoms with Gasteiger partial charge in [-0.05, 0) is 30.4 Å². The summed E-state index contributed by atoms with van der Waals surface area (Å²) in [6, 6.07) is 2.58. The molecule has 0 aliphatic carbocycles. The van der Waals surface area contributed by atoms with E-state index in [1.54, 1.807) is 11.3 Å². The number of thiophene rings is 1. The lowest BCUT2D eigenvalue weighted by atomic mass is 10.1. The number of carbonyl (C=O) groups excluding carboxylic acids is 1. The molecule has 1 fully saturated rings. The van der Waals surface area contributed by atoms with Crippen molar-refractivity contribution in [2.24, 2.45) is 0 Å². The first-order chi connectivity index (χ1) is 7.25. The van der Waals surface area contributed by atoms with Crippen molar-refractivity contribution in [2.45, 2.75) is 32.4 Å². The summed E-state index contributed by atoms with van der Waals surface area (Å²) < 4.78 is 0. The first kappa shape index (κ1) is 10.6. The molecule has 1 atom stereocenters. The number of piperidine rings is 1. The molecule has 1 unspecified atom stereocenters. The summed E-state index contributed by atoms with van der Waals surface area (Å²) in [6.45, 7) is 3.82. The topological polar surface area (TPSA) is 41.1 Å². The second kappa shape index (κ2) is 4.77. The van der Waals surface area contributed by atoms with Gasteiger partial charge in [-0.2, -0.15) is 0 Å². The maximum absolute atomic E-state index is 11.0. The quantitative estimate of drug-likeness (QED) is 0.815. The van der Waals surface area contributed by atoms with Gasteiger partial charge in [0.15, 0.2) is 0 Å². The molecular formula is C11H16N2OS. The minimum Gasteiger partial charge on any atom is -0.355 e. The summed E-state index contributed by atoms with van der Waals surface area (Å²) in [5.41, 5.74) is 1.35. The molecule has 1 aromatic rings. The maximum Gasteiger partial charge on any atom is 0.220 e. The highest BCUT2D eigenvalue weighted by Crippen LogP contribution is 2.15. The summed E-state index contributed by atoms with van der Waals surface area (Å²) in [6.07, 6.45) is 1.61. The molecule has 1 saturated heterocycles. The van der Waals surface area contributed by atoms with Gasteiger partial charge in [0.25, 0.3) is 0 Å². The zero-order valence-electron chi connectivity index (χ0n) is 8.88. The lowest BCUT2D eigenvalue weighted by Gasteiger charge is -2.23. The SMILES string of the molecule is Cc1ccsc1CNC1CCC(=O)NC1. The normalized spacial score (nSPS) is 21.4. The van der Waals surface area contributed by atoms with Crippen molar-refractivity contribution >= 4 is 17.2 Å². The van der Waals surface area contributed by atoms with Gasteiger partial charge in [-0.25, -0.2) is 0 Å². The summed E-state index contributed by atoms with van der Waals surface area (Å²) in [5.74, 6) is 0.181. The first-order valence-corrected chi connectivity index (χ1v) is 6.16. The third-order valence-electron chi connectivity index (χ3n) is 2.78. The summed E-state index contributed by atoms with van der Waals surface area (Å²) in [7, 11) is 0. The third-order valence-corrected chi connectivity index (χ3v) is 3.81. The van der Waals surface area contributed by atoms with E-state index in [9.17, 15) is 4.79 Å². The molecule has 0 radical (unpaired) electrons. The fraction of sp³-hybridized carbons (Fsp3) is 0.545. The van der Waals surface area contributed by atoms with Gasteiger partial charge in [-0.15, -0.1) is 11.3 Å². The summed E-state index contributed by atoms with van der Waals surface area (Å²) in [5, 5.41) is 8.48. The van der Waals surface area contributed by atoms with Crippen LogP contribution < -0.4 is 10.6 Å². The van der Waals surface area contributed by atoms with E-state index in [2.05, 4.69) is 29.0 Å². The van der Waals surface area contributed by atoms with Crippen LogP contribution in [-0.4, -0.2) is 18.5 Å². The fourth-order valence-electron chi connectivity index (χ4n) is 1.73. The number of rotatable bonds is 3. The average molecular weight is 224 g/mol. The summed E-state index contributed by atoms with van der Waals surface area (Å²) >= 11 is 1.79. The van der Waals surface area contributed by atoms with Crippen LogP contribution >= 0.6 is 11.3 Å². The van der Waals surface area contributed by atoms with E-state index in [0.29, 0.717) is 12.5 Å². The van der Waals surface area contributed by atoms with Crippen molar-refractivity contribution in [3.05, 3.63) is 21.9 Å². The van der Waals surface area contributed by atoms with E-state index < -0.39 is 0 Å². The zero-order valence-corrected chi connectivity index (χ0v) is 9.69. The van der Waals surface area contributed by atoms with Crippen molar-refractivity contribution in [1.29, 1.82) is 0 Å². The Kier molecular flexibility index (Phi) is 3.38. The highest BCUT2D eigenvalue weighted by Gasteiger charge is 2.17. The number of nitrogens with one attached hydrogen (secondary N) is 2. The van der Waals surface area contributed by atoms with Crippen LogP contribution in [0.15, 0.2) is 11.4 Å². The molecular weight excluding hydrogens is 208 g/mol. The zero-order chi connectivity index (χ0) is 10.7. The van der Waals surface area contributed by atoms with Crippen molar-refractivity contribution < 1.29 is 4.79 Å². The molecule has 15 heavy (non-hydrogen) atoms. The molecule has 0 bridgehead atoms. The molecule has 2 N–H and O–H groups in total. The average Bonchev–Trinajstić information content (AvgIpc) is 2.63. The monoisotopic (exact) mass is 224 g/mol. The Labute approximate surface area is 93.9 Å². The molecule has 3 nitrogen and oxygen atoms in total. The van der Waals surface area contributed by atoms with E-state index in [1.807, 2.05) is 0 Å². The smallest absolute Gasteiger partial charge is 0.220 e. The van der Waals surface area contributed by atoms with E-state index in [4.69, 9.17) is 0 Å². The van der Waals surface area contributed by atoms with Gasteiger partial charge in [-0.3, -0.25) is 4.79 Å². The van der Waals surface area contributed by atoms with Crippen LogP contribution in [0.1, 0.15) is 23.3 Å². The number of carbonyl (C=O) groups is 1. The highest BCUT2D eigenvalue weighted by molar-refractivity contribution is 7.10. The number of aryl methyl sites for hydroxylation is 1. The van der Waals surface area contributed by atoms with E-state index in [0.717, 1.165) is 19.5 Å².